The first-order valence-electron chi connectivity index (χ1n) is 10.9. The molecule has 1 N–H and O–H groups in total. The summed E-state index contributed by atoms with van der Waals surface area (Å²) in [6.07, 6.45) is 2.33. The molecule has 0 saturated carbocycles. The van der Waals surface area contributed by atoms with Gasteiger partial charge in [-0.3, -0.25) is 4.79 Å². The minimum absolute atomic E-state index is 0.0888. The molecule has 0 atom stereocenters. The summed E-state index contributed by atoms with van der Waals surface area (Å²) in [5.41, 5.74) is 6.69. The molecular weight excluding hydrogens is 382 g/mol. The van der Waals surface area contributed by atoms with Gasteiger partial charge in [-0.15, -0.1) is 0 Å². The van der Waals surface area contributed by atoms with E-state index < -0.39 is 0 Å². The van der Waals surface area contributed by atoms with Gasteiger partial charge in [0.25, 0.3) is 5.91 Å². The molecule has 1 aliphatic carbocycles. The highest BCUT2D eigenvalue weighted by Gasteiger charge is 2.37. The van der Waals surface area contributed by atoms with Crippen LogP contribution in [0.1, 0.15) is 62.0 Å². The molecule has 1 aliphatic rings. The lowest BCUT2D eigenvalue weighted by Gasteiger charge is -2.42. The van der Waals surface area contributed by atoms with Gasteiger partial charge in [-0.2, -0.15) is 0 Å². The van der Waals surface area contributed by atoms with Gasteiger partial charge in [0.15, 0.2) is 0 Å². The van der Waals surface area contributed by atoms with Crippen molar-refractivity contribution in [1.82, 2.24) is 0 Å². The maximum Gasteiger partial charge on any atom is 0.255 e. The highest BCUT2D eigenvalue weighted by Crippen LogP contribution is 2.46. The molecule has 0 unspecified atom stereocenters. The lowest BCUT2D eigenvalue weighted by Crippen LogP contribution is -2.33. The summed E-state index contributed by atoms with van der Waals surface area (Å²) < 4.78 is 5.22. The highest BCUT2D eigenvalue weighted by atomic mass is 16.5. The van der Waals surface area contributed by atoms with Crippen LogP contribution in [0.2, 0.25) is 0 Å². The van der Waals surface area contributed by atoms with Crippen molar-refractivity contribution >= 4 is 11.6 Å². The van der Waals surface area contributed by atoms with Crippen LogP contribution in [0.25, 0.3) is 11.1 Å². The Balaban J connectivity index is 1.53. The number of fused-ring (bicyclic) bond motifs is 1. The Morgan fingerprint density at radius 1 is 0.774 bits per heavy atom. The number of hydrogen-bond acceptors (Lipinski definition) is 2. The van der Waals surface area contributed by atoms with Gasteiger partial charge in [0, 0.05) is 11.3 Å². The third-order valence-corrected chi connectivity index (χ3v) is 6.68. The SMILES string of the molecule is COc1ccc(-c2ccc(C(=O)Nc3ccc4c(c3)C(C)(C)CCC4(C)C)cc2)cc1. The second-order valence-electron chi connectivity index (χ2n) is 9.79. The van der Waals surface area contributed by atoms with E-state index in [-0.39, 0.29) is 16.7 Å². The van der Waals surface area contributed by atoms with Crippen LogP contribution in [-0.4, -0.2) is 13.0 Å². The number of ether oxygens (including phenoxy) is 1. The van der Waals surface area contributed by atoms with Crippen LogP contribution in [0, 0.1) is 0 Å². The number of amides is 1. The molecule has 3 aromatic carbocycles. The first-order valence-corrected chi connectivity index (χ1v) is 10.9. The van der Waals surface area contributed by atoms with Crippen LogP contribution in [0.5, 0.6) is 5.75 Å². The molecule has 4 rings (SSSR count). The Morgan fingerprint density at radius 2 is 1.32 bits per heavy atom. The molecule has 3 heteroatoms. The molecule has 0 aromatic heterocycles. The Kier molecular flexibility index (Phi) is 5.38. The Morgan fingerprint density at radius 3 is 1.90 bits per heavy atom. The third-order valence-electron chi connectivity index (χ3n) is 6.68. The summed E-state index contributed by atoms with van der Waals surface area (Å²) in [5.74, 6) is 0.741. The average Bonchev–Trinajstić information content (AvgIpc) is 2.77. The normalized spacial score (nSPS) is 16.3. The Hall–Kier alpha value is -3.07. The minimum Gasteiger partial charge on any atom is -0.497 e. The van der Waals surface area contributed by atoms with Crippen molar-refractivity contribution in [2.45, 2.75) is 51.4 Å². The number of rotatable bonds is 4. The lowest BCUT2D eigenvalue weighted by atomic mass is 9.63. The van der Waals surface area contributed by atoms with E-state index in [2.05, 4.69) is 45.1 Å². The number of hydrogen-bond donors (Lipinski definition) is 1. The Labute approximate surface area is 185 Å². The zero-order chi connectivity index (χ0) is 22.2. The number of carbonyl (C=O) groups is 1. The van der Waals surface area contributed by atoms with Crippen LogP contribution < -0.4 is 10.1 Å². The first kappa shape index (κ1) is 21.2. The summed E-state index contributed by atoms with van der Waals surface area (Å²) in [6.45, 7) is 9.21. The van der Waals surface area contributed by atoms with Crippen molar-refractivity contribution in [3.63, 3.8) is 0 Å². The highest BCUT2D eigenvalue weighted by molar-refractivity contribution is 6.04. The predicted octanol–water partition coefficient (Wildman–Crippen LogP) is 6.96. The number of methoxy groups -OCH3 is 1. The monoisotopic (exact) mass is 413 g/mol. The van der Waals surface area contributed by atoms with Crippen LogP contribution in [-0.2, 0) is 10.8 Å². The molecule has 1 amide bonds. The molecule has 0 saturated heterocycles. The molecule has 0 fully saturated rings. The standard InChI is InChI=1S/C28H31NO2/c1-27(2)16-17-28(3,4)25-18-22(12-15-24(25)27)29-26(30)21-8-6-19(7-9-21)20-10-13-23(31-5)14-11-20/h6-15,18H,16-17H2,1-5H3,(H,29,30). The molecule has 0 radical (unpaired) electrons. The third kappa shape index (κ3) is 4.23. The van der Waals surface area contributed by atoms with E-state index in [1.54, 1.807) is 7.11 Å². The molecule has 3 nitrogen and oxygen atoms in total. The largest absolute Gasteiger partial charge is 0.497 e. The van der Waals surface area contributed by atoms with Crippen LogP contribution in [0.15, 0.2) is 66.7 Å². The fourth-order valence-electron chi connectivity index (χ4n) is 4.47. The second-order valence-corrected chi connectivity index (χ2v) is 9.79. The molecule has 0 spiro atoms. The predicted molar refractivity (Wildman–Crippen MR) is 128 cm³/mol. The fourth-order valence-corrected chi connectivity index (χ4v) is 4.47. The van der Waals surface area contributed by atoms with Gasteiger partial charge in [-0.05, 0) is 82.3 Å². The van der Waals surface area contributed by atoms with Gasteiger partial charge in [0.05, 0.1) is 7.11 Å². The average molecular weight is 414 g/mol. The minimum atomic E-state index is -0.0888. The van der Waals surface area contributed by atoms with Crippen LogP contribution in [0.3, 0.4) is 0 Å². The van der Waals surface area contributed by atoms with Gasteiger partial charge in [-0.1, -0.05) is 58.0 Å². The van der Waals surface area contributed by atoms with E-state index in [9.17, 15) is 4.79 Å². The van der Waals surface area contributed by atoms with E-state index in [1.165, 1.54) is 17.5 Å². The van der Waals surface area contributed by atoms with Crippen molar-refractivity contribution in [3.05, 3.63) is 83.4 Å². The van der Waals surface area contributed by atoms with E-state index in [4.69, 9.17) is 4.74 Å². The van der Waals surface area contributed by atoms with E-state index >= 15 is 0 Å². The van der Waals surface area contributed by atoms with Crippen LogP contribution >= 0.6 is 0 Å². The van der Waals surface area contributed by atoms with E-state index in [1.807, 2.05) is 54.6 Å². The molecule has 0 bridgehead atoms. The molecule has 0 aliphatic heterocycles. The zero-order valence-electron chi connectivity index (χ0n) is 19.1. The topological polar surface area (TPSA) is 38.3 Å². The lowest BCUT2D eigenvalue weighted by molar-refractivity contribution is 0.102. The second kappa shape index (κ2) is 7.88. The summed E-state index contributed by atoms with van der Waals surface area (Å²) >= 11 is 0. The summed E-state index contributed by atoms with van der Waals surface area (Å²) in [4.78, 5) is 12.9. The van der Waals surface area contributed by atoms with Gasteiger partial charge < -0.3 is 10.1 Å². The fraction of sp³-hybridized carbons (Fsp3) is 0.321. The Bertz CT molecular complexity index is 1090. The van der Waals surface area contributed by atoms with Crippen molar-refractivity contribution in [3.8, 4) is 16.9 Å². The molecule has 3 aromatic rings. The van der Waals surface area contributed by atoms with Gasteiger partial charge in [-0.25, -0.2) is 0 Å². The van der Waals surface area contributed by atoms with Crippen molar-refractivity contribution in [2.24, 2.45) is 0 Å². The first-order chi connectivity index (χ1) is 14.7. The summed E-state index contributed by atoms with van der Waals surface area (Å²) in [5, 5.41) is 3.09. The maximum atomic E-state index is 12.9. The molecular formula is C28H31NO2. The molecule has 31 heavy (non-hydrogen) atoms. The molecule has 160 valence electrons. The number of benzene rings is 3. The smallest absolute Gasteiger partial charge is 0.255 e. The summed E-state index contributed by atoms with van der Waals surface area (Å²) in [7, 11) is 1.66. The van der Waals surface area contributed by atoms with Gasteiger partial charge in [0.1, 0.15) is 5.75 Å². The van der Waals surface area contributed by atoms with Crippen LogP contribution in [0.4, 0.5) is 5.69 Å². The van der Waals surface area contributed by atoms with Crippen molar-refractivity contribution < 1.29 is 9.53 Å². The maximum absolute atomic E-state index is 12.9. The number of nitrogens with one attached hydrogen (secondary N) is 1. The van der Waals surface area contributed by atoms with Gasteiger partial charge >= 0.3 is 0 Å². The summed E-state index contributed by atoms with van der Waals surface area (Å²) in [6, 6.07) is 22.0. The van der Waals surface area contributed by atoms with E-state index in [0.29, 0.717) is 5.56 Å². The number of carbonyl (C=O) groups excluding carboxylic acids is 1. The van der Waals surface area contributed by atoms with Crippen molar-refractivity contribution in [2.75, 3.05) is 12.4 Å². The molecule has 0 heterocycles. The number of anilines is 1. The quantitative estimate of drug-likeness (QED) is 0.502. The van der Waals surface area contributed by atoms with E-state index in [0.717, 1.165) is 29.0 Å². The van der Waals surface area contributed by atoms with Crippen molar-refractivity contribution in [1.29, 1.82) is 0 Å². The zero-order valence-corrected chi connectivity index (χ0v) is 19.1. The van der Waals surface area contributed by atoms with Gasteiger partial charge in [0.2, 0.25) is 0 Å².